The third-order valence-electron chi connectivity index (χ3n) is 7.67. The largest absolute Gasteiger partial charge is 0.385 e. The maximum absolute atomic E-state index is 13.6. The molecule has 0 spiro atoms. The Morgan fingerprint density at radius 3 is 2.69 bits per heavy atom. The Bertz CT molecular complexity index is 1210. The molecule has 0 radical (unpaired) electrons. The summed E-state index contributed by atoms with van der Waals surface area (Å²) in [5.74, 6) is -0.134. The van der Waals surface area contributed by atoms with Gasteiger partial charge in [0.25, 0.3) is 0 Å². The number of fused-ring (bicyclic) bond motifs is 3. The average molecular weight is 514 g/mol. The van der Waals surface area contributed by atoms with Crippen LogP contribution in [0.25, 0.3) is 17.0 Å². The number of benzene rings is 1. The number of piperidine rings is 1. The summed E-state index contributed by atoms with van der Waals surface area (Å²) in [5.41, 5.74) is 3.40. The van der Waals surface area contributed by atoms with Gasteiger partial charge in [0.05, 0.1) is 36.5 Å². The number of aromatic nitrogens is 1. The van der Waals surface area contributed by atoms with Crippen molar-refractivity contribution in [2.45, 2.75) is 58.7 Å². The van der Waals surface area contributed by atoms with Crippen LogP contribution in [-0.4, -0.2) is 71.0 Å². The van der Waals surface area contributed by atoms with Gasteiger partial charge in [-0.2, -0.15) is 0 Å². The van der Waals surface area contributed by atoms with Gasteiger partial charge in [-0.05, 0) is 56.5 Å². The Kier molecular flexibility index (Phi) is 6.55. The van der Waals surface area contributed by atoms with Crippen LogP contribution in [-0.2, 0) is 20.9 Å². The highest BCUT2D eigenvalue weighted by Crippen LogP contribution is 2.34. The lowest BCUT2D eigenvalue weighted by Gasteiger charge is -2.44. The maximum atomic E-state index is 13.6. The maximum Gasteiger partial charge on any atom is 0.244 e. The van der Waals surface area contributed by atoms with E-state index in [4.69, 9.17) is 16.3 Å². The van der Waals surface area contributed by atoms with Gasteiger partial charge in [-0.1, -0.05) is 25.4 Å². The number of nitrogens with one attached hydrogen (secondary N) is 3. The number of amides is 2. The Hall–Kier alpha value is -2.55. The number of halogens is 1. The number of hydrogen-bond acceptors (Lipinski definition) is 5. The second-order valence-corrected chi connectivity index (χ2v) is 12.1. The summed E-state index contributed by atoms with van der Waals surface area (Å²) in [5, 5.41) is 7.79. The number of aromatic amines is 1. The lowest BCUT2D eigenvalue weighted by atomic mass is 9.82. The van der Waals surface area contributed by atoms with Crippen molar-refractivity contribution in [3.63, 3.8) is 0 Å². The molecule has 0 aliphatic carbocycles. The number of hydrogen-bond donors (Lipinski definition) is 3. The summed E-state index contributed by atoms with van der Waals surface area (Å²) in [4.78, 5) is 34.2. The fourth-order valence-electron chi connectivity index (χ4n) is 5.38. The van der Waals surface area contributed by atoms with Crippen molar-refractivity contribution in [1.82, 2.24) is 20.1 Å². The van der Waals surface area contributed by atoms with Gasteiger partial charge in [0, 0.05) is 41.3 Å². The van der Waals surface area contributed by atoms with Crippen molar-refractivity contribution in [2.75, 3.05) is 38.1 Å². The predicted octanol–water partition coefficient (Wildman–Crippen LogP) is 3.96. The summed E-state index contributed by atoms with van der Waals surface area (Å²) >= 11 is 6.44. The number of anilines is 1. The van der Waals surface area contributed by atoms with E-state index in [1.165, 1.54) is 0 Å². The van der Waals surface area contributed by atoms with Gasteiger partial charge in [0.1, 0.15) is 6.04 Å². The van der Waals surface area contributed by atoms with E-state index in [1.54, 1.807) is 6.07 Å². The van der Waals surface area contributed by atoms with Crippen molar-refractivity contribution < 1.29 is 14.3 Å². The molecular weight excluding hydrogens is 478 g/mol. The zero-order valence-electron chi connectivity index (χ0n) is 21.5. The average Bonchev–Trinajstić information content (AvgIpc) is 3.17. The number of likely N-dealkylation sites (tertiary alicyclic amines) is 1. The molecule has 0 unspecified atom stereocenters. The van der Waals surface area contributed by atoms with E-state index in [9.17, 15) is 9.59 Å². The summed E-state index contributed by atoms with van der Waals surface area (Å²) in [6.07, 6.45) is 5.90. The van der Waals surface area contributed by atoms with Crippen molar-refractivity contribution in [3.8, 4) is 0 Å². The first-order valence-corrected chi connectivity index (χ1v) is 13.1. The molecule has 9 heteroatoms. The molecule has 0 bridgehead atoms. The van der Waals surface area contributed by atoms with E-state index in [1.807, 2.05) is 42.0 Å². The van der Waals surface area contributed by atoms with Gasteiger partial charge in [-0.25, -0.2) is 0 Å². The molecule has 36 heavy (non-hydrogen) atoms. The van der Waals surface area contributed by atoms with Crippen LogP contribution < -0.4 is 10.6 Å². The highest BCUT2D eigenvalue weighted by Gasteiger charge is 2.40. The molecule has 4 heterocycles. The highest BCUT2D eigenvalue weighted by molar-refractivity contribution is 6.32. The van der Waals surface area contributed by atoms with Crippen LogP contribution in [0.3, 0.4) is 0 Å². The first-order chi connectivity index (χ1) is 17.0. The molecule has 3 aliphatic rings. The quantitative estimate of drug-likeness (QED) is 0.575. The van der Waals surface area contributed by atoms with Gasteiger partial charge in [0.15, 0.2) is 0 Å². The molecule has 2 saturated heterocycles. The standard InChI is InChI=1S/C27H36ClN5O3/c1-26(2)6-9-32(10-7-26)23(34)14-33-16-27(3,4)36-15-22(33)25(35)31-20-12-17(28)11-19-18-5-8-29-13-21(18)30-24(19)20/h5,8,11-12,22,29-30H,6-7,9-10,13-16H2,1-4H3,(H,31,35)/t22-/m0/s1. The summed E-state index contributed by atoms with van der Waals surface area (Å²) < 4.78 is 6.02. The minimum Gasteiger partial charge on any atom is -0.385 e. The van der Waals surface area contributed by atoms with E-state index in [2.05, 4.69) is 29.5 Å². The monoisotopic (exact) mass is 513 g/mol. The number of nitrogens with zero attached hydrogens (tertiary/aromatic N) is 2. The minimum atomic E-state index is -0.580. The van der Waals surface area contributed by atoms with Gasteiger partial charge in [-0.15, -0.1) is 0 Å². The Morgan fingerprint density at radius 1 is 1.19 bits per heavy atom. The summed E-state index contributed by atoms with van der Waals surface area (Å²) in [7, 11) is 0. The SMILES string of the molecule is CC1(C)CCN(C(=O)CN2CC(C)(C)OC[C@H]2C(=O)Nc2cc(Cl)cc3c4c([nH]c23)CNC=C4)CC1. The number of carbonyl (C=O) groups excluding carboxylic acids is 2. The van der Waals surface area contributed by atoms with E-state index in [0.29, 0.717) is 23.8 Å². The van der Waals surface area contributed by atoms with Crippen molar-refractivity contribution >= 4 is 46.1 Å². The second kappa shape index (κ2) is 9.39. The van der Waals surface area contributed by atoms with Crippen molar-refractivity contribution in [1.29, 1.82) is 0 Å². The van der Waals surface area contributed by atoms with Gasteiger partial charge in [0.2, 0.25) is 11.8 Å². The smallest absolute Gasteiger partial charge is 0.244 e. The normalized spacial score (nSPS) is 23.2. The predicted molar refractivity (Wildman–Crippen MR) is 143 cm³/mol. The van der Waals surface area contributed by atoms with Crippen LogP contribution >= 0.6 is 11.6 Å². The number of rotatable bonds is 4. The fourth-order valence-corrected chi connectivity index (χ4v) is 5.60. The van der Waals surface area contributed by atoms with Gasteiger partial charge in [-0.3, -0.25) is 14.5 Å². The van der Waals surface area contributed by atoms with Crippen LogP contribution in [0.4, 0.5) is 5.69 Å². The molecule has 2 fully saturated rings. The fraction of sp³-hybridized carbons (Fsp3) is 0.556. The van der Waals surface area contributed by atoms with E-state index >= 15 is 0 Å². The number of H-pyrrole nitrogens is 1. The number of morpholine rings is 1. The Labute approximate surface area is 217 Å². The lowest BCUT2D eigenvalue weighted by molar-refractivity contribution is -0.151. The Morgan fingerprint density at radius 2 is 1.94 bits per heavy atom. The third kappa shape index (κ3) is 5.12. The highest BCUT2D eigenvalue weighted by atomic mass is 35.5. The molecule has 1 atom stereocenters. The van der Waals surface area contributed by atoms with Crippen LogP contribution in [0, 0.1) is 5.41 Å². The molecule has 194 valence electrons. The van der Waals surface area contributed by atoms with Crippen molar-refractivity contribution in [2.24, 2.45) is 5.41 Å². The van der Waals surface area contributed by atoms with Crippen LogP contribution in [0.5, 0.6) is 0 Å². The molecule has 1 aromatic carbocycles. The topological polar surface area (TPSA) is 89.7 Å². The molecule has 2 amide bonds. The summed E-state index contributed by atoms with van der Waals surface area (Å²) in [6, 6.07) is 3.09. The van der Waals surface area contributed by atoms with Crippen LogP contribution in [0.2, 0.25) is 5.02 Å². The molecule has 0 saturated carbocycles. The van der Waals surface area contributed by atoms with Crippen LogP contribution in [0.1, 0.15) is 51.8 Å². The molecule has 3 aliphatic heterocycles. The molecule has 1 aromatic heterocycles. The van der Waals surface area contributed by atoms with E-state index in [-0.39, 0.29) is 30.4 Å². The third-order valence-corrected chi connectivity index (χ3v) is 7.88. The summed E-state index contributed by atoms with van der Waals surface area (Å²) in [6.45, 7) is 11.6. The molecular formula is C27H36ClN5O3. The molecule has 2 aromatic rings. The zero-order chi connectivity index (χ0) is 25.7. The molecule has 3 N–H and O–H groups in total. The van der Waals surface area contributed by atoms with Gasteiger partial charge < -0.3 is 25.3 Å². The second-order valence-electron chi connectivity index (χ2n) is 11.6. The Balaban J connectivity index is 1.35. The number of carbonyl (C=O) groups is 2. The van der Waals surface area contributed by atoms with Crippen molar-refractivity contribution in [3.05, 3.63) is 34.6 Å². The first-order valence-electron chi connectivity index (χ1n) is 12.7. The zero-order valence-corrected chi connectivity index (χ0v) is 22.3. The molecule has 8 nitrogen and oxygen atoms in total. The van der Waals surface area contributed by atoms with E-state index < -0.39 is 11.6 Å². The number of ether oxygens (including phenoxy) is 1. The van der Waals surface area contributed by atoms with Gasteiger partial charge >= 0.3 is 0 Å². The van der Waals surface area contributed by atoms with E-state index in [0.717, 1.165) is 48.1 Å². The van der Waals surface area contributed by atoms with Crippen LogP contribution in [0.15, 0.2) is 18.3 Å². The first kappa shape index (κ1) is 25.1. The molecule has 5 rings (SSSR count). The lowest BCUT2D eigenvalue weighted by Crippen LogP contribution is -2.60. The minimum absolute atomic E-state index is 0.0717.